The molecule has 0 saturated carbocycles. The first-order chi connectivity index (χ1) is 4.86. The highest BCUT2D eigenvalue weighted by Crippen LogP contribution is 2.14. The Morgan fingerprint density at radius 2 is 2.50 bits per heavy atom. The van der Waals surface area contributed by atoms with Crippen LogP contribution >= 0.6 is 15.9 Å². The molecule has 2 aliphatic rings. The second-order valence-electron chi connectivity index (χ2n) is 2.22. The second-order valence-corrected chi connectivity index (χ2v) is 3.14. The van der Waals surface area contributed by atoms with Gasteiger partial charge in [-0.2, -0.15) is 0 Å². The van der Waals surface area contributed by atoms with Crippen molar-refractivity contribution in [2.45, 2.75) is 6.04 Å². The van der Waals surface area contributed by atoms with E-state index < -0.39 is 0 Å². The van der Waals surface area contributed by atoms with Crippen LogP contribution in [0.2, 0.25) is 0 Å². The highest BCUT2D eigenvalue weighted by molar-refractivity contribution is 9.11. The summed E-state index contributed by atoms with van der Waals surface area (Å²) in [5.41, 5.74) is 0. The predicted octanol–water partition coefficient (Wildman–Crippen LogP) is 1.29. The third-order valence-corrected chi connectivity index (χ3v) is 1.98. The molecular formula is C7H6BrN2+. The highest BCUT2D eigenvalue weighted by Gasteiger charge is 2.19. The molecule has 2 rings (SSSR count). The zero-order valence-electron chi connectivity index (χ0n) is 5.24. The van der Waals surface area contributed by atoms with Gasteiger partial charge in [-0.15, -0.1) is 0 Å². The molecule has 0 aromatic rings. The van der Waals surface area contributed by atoms with E-state index in [0.717, 1.165) is 4.48 Å². The van der Waals surface area contributed by atoms with Gasteiger partial charge < -0.3 is 0 Å². The van der Waals surface area contributed by atoms with Crippen molar-refractivity contribution in [3.63, 3.8) is 0 Å². The van der Waals surface area contributed by atoms with Gasteiger partial charge in [0.25, 0.3) is 6.34 Å². The van der Waals surface area contributed by atoms with Crippen LogP contribution in [0.1, 0.15) is 0 Å². The lowest BCUT2D eigenvalue weighted by Crippen LogP contribution is -2.19. The first kappa shape index (κ1) is 6.04. The Morgan fingerprint density at radius 3 is 3.40 bits per heavy atom. The van der Waals surface area contributed by atoms with Gasteiger partial charge in [-0.25, -0.2) is 4.58 Å². The SMILES string of the molecule is BrC1=C[N+]2=CN=CC2C=C1. The Kier molecular flexibility index (Phi) is 1.31. The van der Waals surface area contributed by atoms with Crippen LogP contribution in [0.25, 0.3) is 0 Å². The molecule has 0 spiro atoms. The van der Waals surface area contributed by atoms with E-state index in [-0.39, 0.29) is 0 Å². The lowest BCUT2D eigenvalue weighted by atomic mass is 10.2. The number of rotatable bonds is 0. The van der Waals surface area contributed by atoms with E-state index in [0.29, 0.717) is 6.04 Å². The van der Waals surface area contributed by atoms with E-state index >= 15 is 0 Å². The molecule has 50 valence electrons. The van der Waals surface area contributed by atoms with E-state index in [1.54, 1.807) is 0 Å². The normalized spacial score (nSPS) is 27.9. The summed E-state index contributed by atoms with van der Waals surface area (Å²) in [4.78, 5) is 4.02. The molecule has 0 aliphatic carbocycles. The minimum atomic E-state index is 0.348. The third kappa shape index (κ3) is 0.865. The summed E-state index contributed by atoms with van der Waals surface area (Å²) in [7, 11) is 0. The van der Waals surface area contributed by atoms with Crippen molar-refractivity contribution < 1.29 is 4.58 Å². The summed E-state index contributed by atoms with van der Waals surface area (Å²) in [5.74, 6) is 0. The van der Waals surface area contributed by atoms with Crippen molar-refractivity contribution in [1.29, 1.82) is 0 Å². The smallest absolute Gasteiger partial charge is 0.222 e. The molecule has 1 unspecified atom stereocenters. The van der Waals surface area contributed by atoms with Crippen molar-refractivity contribution >= 4 is 28.5 Å². The van der Waals surface area contributed by atoms with Gasteiger partial charge in [0.05, 0.1) is 4.48 Å². The first-order valence-electron chi connectivity index (χ1n) is 3.06. The van der Waals surface area contributed by atoms with E-state index in [1.165, 1.54) is 0 Å². The minimum absolute atomic E-state index is 0.348. The molecule has 0 N–H and O–H groups in total. The number of hydrogen-bond donors (Lipinski definition) is 0. The van der Waals surface area contributed by atoms with Crippen LogP contribution in [0.4, 0.5) is 0 Å². The third-order valence-electron chi connectivity index (χ3n) is 1.51. The van der Waals surface area contributed by atoms with Crippen LogP contribution in [-0.4, -0.2) is 23.2 Å². The number of allylic oxidation sites excluding steroid dienone is 2. The van der Waals surface area contributed by atoms with Crippen molar-refractivity contribution in [3.05, 3.63) is 22.8 Å². The van der Waals surface area contributed by atoms with Crippen LogP contribution in [0.3, 0.4) is 0 Å². The summed E-state index contributed by atoms with van der Waals surface area (Å²) in [6.45, 7) is 0. The quantitative estimate of drug-likeness (QED) is 0.521. The highest BCUT2D eigenvalue weighted by atomic mass is 79.9. The van der Waals surface area contributed by atoms with Crippen LogP contribution in [0.5, 0.6) is 0 Å². The summed E-state index contributed by atoms with van der Waals surface area (Å²) < 4.78 is 3.13. The Bertz CT molecular complexity index is 273. The van der Waals surface area contributed by atoms with Crippen LogP contribution < -0.4 is 0 Å². The Balaban J connectivity index is 2.39. The topological polar surface area (TPSA) is 15.4 Å². The van der Waals surface area contributed by atoms with Gasteiger partial charge in [-0.3, -0.25) is 0 Å². The maximum Gasteiger partial charge on any atom is 0.286 e. The van der Waals surface area contributed by atoms with Gasteiger partial charge >= 0.3 is 0 Å². The largest absolute Gasteiger partial charge is 0.286 e. The Labute approximate surface area is 67.4 Å². The van der Waals surface area contributed by atoms with Crippen LogP contribution in [-0.2, 0) is 0 Å². The molecular weight excluding hydrogens is 192 g/mol. The van der Waals surface area contributed by atoms with Gasteiger partial charge in [0, 0.05) is 0 Å². The van der Waals surface area contributed by atoms with Gasteiger partial charge in [-0.1, -0.05) is 4.99 Å². The number of fused-ring (bicyclic) bond motifs is 1. The lowest BCUT2D eigenvalue weighted by Gasteiger charge is -2.05. The van der Waals surface area contributed by atoms with Crippen LogP contribution in [0.15, 0.2) is 27.8 Å². The van der Waals surface area contributed by atoms with E-state index in [2.05, 4.69) is 27.0 Å². The fourth-order valence-electron chi connectivity index (χ4n) is 1.00. The monoisotopic (exact) mass is 197 g/mol. The first-order valence-corrected chi connectivity index (χ1v) is 3.85. The summed E-state index contributed by atoms with van der Waals surface area (Å²) in [6, 6.07) is 0.348. The molecule has 1 atom stereocenters. The molecule has 3 heteroatoms. The van der Waals surface area contributed by atoms with Crippen molar-refractivity contribution in [1.82, 2.24) is 0 Å². The van der Waals surface area contributed by atoms with Gasteiger partial charge in [0.1, 0.15) is 6.20 Å². The average molecular weight is 198 g/mol. The zero-order valence-corrected chi connectivity index (χ0v) is 6.82. The molecule has 10 heavy (non-hydrogen) atoms. The molecule has 0 fully saturated rings. The Morgan fingerprint density at radius 1 is 1.60 bits per heavy atom. The molecule has 0 saturated heterocycles. The average Bonchev–Trinajstić information content (AvgIpc) is 2.33. The van der Waals surface area contributed by atoms with Crippen molar-refractivity contribution in [3.8, 4) is 0 Å². The second kappa shape index (κ2) is 2.16. The molecule has 0 aromatic carbocycles. The molecule has 0 amide bonds. The van der Waals surface area contributed by atoms with Gasteiger partial charge in [0.2, 0.25) is 0 Å². The lowest BCUT2D eigenvalue weighted by molar-refractivity contribution is -0.460. The molecule has 0 radical (unpaired) electrons. The van der Waals surface area contributed by atoms with Gasteiger partial charge in [0.15, 0.2) is 12.3 Å². The van der Waals surface area contributed by atoms with E-state index in [9.17, 15) is 0 Å². The molecule has 0 aromatic heterocycles. The maximum absolute atomic E-state index is 4.02. The van der Waals surface area contributed by atoms with E-state index in [4.69, 9.17) is 0 Å². The summed E-state index contributed by atoms with van der Waals surface area (Å²) in [5, 5.41) is 0. The summed E-state index contributed by atoms with van der Waals surface area (Å²) >= 11 is 3.38. The molecule has 2 heterocycles. The van der Waals surface area contributed by atoms with Crippen molar-refractivity contribution in [2.24, 2.45) is 4.99 Å². The van der Waals surface area contributed by atoms with E-state index in [1.807, 2.05) is 29.4 Å². The van der Waals surface area contributed by atoms with Crippen molar-refractivity contribution in [2.75, 3.05) is 0 Å². The fourth-order valence-corrected chi connectivity index (χ4v) is 1.39. The standard InChI is InChI=1S/C7H6BrN2/c8-6-1-2-7-3-9-5-10(7)4-6/h1-5,7H/q+1. The summed E-state index contributed by atoms with van der Waals surface area (Å²) in [6.07, 6.45) is 9.86. The Hall–Kier alpha value is -0.700. The number of nitrogens with zero attached hydrogens (tertiary/aromatic N) is 2. The number of halogens is 1. The molecule has 2 aliphatic heterocycles. The predicted molar refractivity (Wildman–Crippen MR) is 44.8 cm³/mol. The number of aliphatic imine (C=N–C) groups is 1. The van der Waals surface area contributed by atoms with Crippen LogP contribution in [0, 0.1) is 0 Å². The number of hydrogen-bond acceptors (Lipinski definition) is 1. The fraction of sp³-hybridized carbons (Fsp3) is 0.143. The zero-order chi connectivity index (χ0) is 6.97. The molecule has 0 bridgehead atoms. The molecule has 2 nitrogen and oxygen atoms in total. The van der Waals surface area contributed by atoms with Gasteiger partial charge in [-0.05, 0) is 28.1 Å². The maximum atomic E-state index is 4.02. The minimum Gasteiger partial charge on any atom is -0.222 e.